The molecule has 0 spiro atoms. The molecule has 0 heterocycles. The minimum Gasteiger partial charge on any atom is -0.395 e. The predicted octanol–water partition coefficient (Wildman–Crippen LogP) is 0.856. The van der Waals surface area contributed by atoms with Crippen molar-refractivity contribution in [3.63, 3.8) is 0 Å². The first-order chi connectivity index (χ1) is 5.88. The van der Waals surface area contributed by atoms with Crippen molar-refractivity contribution in [3.05, 3.63) is 0 Å². The molecule has 68 valence electrons. The first-order valence-corrected chi connectivity index (χ1v) is 4.63. The first kappa shape index (κ1) is 9.57. The zero-order valence-electron chi connectivity index (χ0n) is 7.71. The quantitative estimate of drug-likeness (QED) is 0.628. The van der Waals surface area contributed by atoms with E-state index in [1.165, 1.54) is 19.3 Å². The van der Waals surface area contributed by atoms with Gasteiger partial charge in [0.2, 0.25) is 0 Å². The van der Waals surface area contributed by atoms with Crippen molar-refractivity contribution in [2.45, 2.75) is 32.2 Å². The fraction of sp³-hybridized carbons (Fsp3) is 0.800. The zero-order valence-corrected chi connectivity index (χ0v) is 7.71. The summed E-state index contributed by atoms with van der Waals surface area (Å²) in [7, 11) is 0. The van der Waals surface area contributed by atoms with E-state index in [-0.39, 0.29) is 6.61 Å². The largest absolute Gasteiger partial charge is 0.395 e. The molecule has 1 aliphatic carbocycles. The van der Waals surface area contributed by atoms with Gasteiger partial charge in [-0.15, -0.1) is 5.92 Å². The Bertz CT molecular complexity index is 176. The lowest BCUT2D eigenvalue weighted by atomic mass is 9.91. The molecule has 0 aromatic carbocycles. The molecule has 0 saturated heterocycles. The standard InChI is InChI=1S/C10H17NO/c1-2-3-7-11(8-9-12)10-5-4-6-10/h10,12H,4-9H2,1H3. The van der Waals surface area contributed by atoms with Gasteiger partial charge >= 0.3 is 0 Å². The second-order valence-corrected chi connectivity index (χ2v) is 3.21. The highest BCUT2D eigenvalue weighted by atomic mass is 16.3. The monoisotopic (exact) mass is 167 g/mol. The topological polar surface area (TPSA) is 23.5 Å². The van der Waals surface area contributed by atoms with Gasteiger partial charge in [0.05, 0.1) is 13.2 Å². The van der Waals surface area contributed by atoms with Crippen LogP contribution in [0.2, 0.25) is 0 Å². The van der Waals surface area contributed by atoms with Crippen molar-refractivity contribution in [1.82, 2.24) is 4.90 Å². The molecule has 0 aromatic rings. The number of aliphatic hydroxyl groups is 1. The van der Waals surface area contributed by atoms with Gasteiger partial charge < -0.3 is 5.11 Å². The molecule has 0 aromatic heterocycles. The number of rotatable bonds is 4. The van der Waals surface area contributed by atoms with Crippen LogP contribution in [0, 0.1) is 11.8 Å². The molecule has 0 aliphatic heterocycles. The van der Waals surface area contributed by atoms with Crippen LogP contribution in [-0.2, 0) is 0 Å². The van der Waals surface area contributed by atoms with Crippen LogP contribution >= 0.6 is 0 Å². The Balaban J connectivity index is 2.29. The third-order valence-electron chi connectivity index (χ3n) is 2.44. The molecule has 0 unspecified atom stereocenters. The van der Waals surface area contributed by atoms with E-state index in [0.717, 1.165) is 13.1 Å². The van der Waals surface area contributed by atoms with E-state index < -0.39 is 0 Å². The lowest BCUT2D eigenvalue weighted by molar-refractivity contribution is 0.116. The molecule has 1 rings (SSSR count). The Morgan fingerprint density at radius 1 is 1.50 bits per heavy atom. The Morgan fingerprint density at radius 3 is 2.67 bits per heavy atom. The van der Waals surface area contributed by atoms with Gasteiger partial charge in [-0.05, 0) is 19.8 Å². The Kier molecular flexibility index (Phi) is 4.13. The first-order valence-electron chi connectivity index (χ1n) is 4.63. The van der Waals surface area contributed by atoms with Crippen molar-refractivity contribution in [3.8, 4) is 11.8 Å². The third kappa shape index (κ3) is 2.51. The maximum Gasteiger partial charge on any atom is 0.0604 e. The second kappa shape index (κ2) is 5.18. The minimum absolute atomic E-state index is 0.252. The van der Waals surface area contributed by atoms with E-state index in [1.54, 1.807) is 0 Å². The van der Waals surface area contributed by atoms with Crippen LogP contribution in [0.4, 0.5) is 0 Å². The fourth-order valence-electron chi connectivity index (χ4n) is 1.45. The summed E-state index contributed by atoms with van der Waals surface area (Å²) in [4.78, 5) is 2.28. The van der Waals surface area contributed by atoms with E-state index in [1.807, 2.05) is 6.92 Å². The minimum atomic E-state index is 0.252. The summed E-state index contributed by atoms with van der Waals surface area (Å²) in [5.74, 6) is 5.93. The highest BCUT2D eigenvalue weighted by Gasteiger charge is 2.23. The normalized spacial score (nSPS) is 16.9. The van der Waals surface area contributed by atoms with Gasteiger partial charge in [0.1, 0.15) is 0 Å². The van der Waals surface area contributed by atoms with Gasteiger partial charge in [-0.1, -0.05) is 12.3 Å². The van der Waals surface area contributed by atoms with E-state index >= 15 is 0 Å². The summed E-state index contributed by atoms with van der Waals surface area (Å²) in [6, 6.07) is 0.693. The van der Waals surface area contributed by atoms with Gasteiger partial charge in [0.25, 0.3) is 0 Å². The Labute approximate surface area is 74.6 Å². The molecule has 1 fully saturated rings. The molecule has 0 atom stereocenters. The van der Waals surface area contributed by atoms with Crippen molar-refractivity contribution in [2.24, 2.45) is 0 Å². The zero-order chi connectivity index (χ0) is 8.81. The molecule has 2 nitrogen and oxygen atoms in total. The van der Waals surface area contributed by atoms with Crippen LogP contribution in [0.25, 0.3) is 0 Å². The van der Waals surface area contributed by atoms with Crippen LogP contribution in [0.3, 0.4) is 0 Å². The average Bonchev–Trinajstić information content (AvgIpc) is 1.97. The molecule has 1 saturated carbocycles. The molecule has 12 heavy (non-hydrogen) atoms. The molecule has 1 N–H and O–H groups in total. The van der Waals surface area contributed by atoms with E-state index in [0.29, 0.717) is 6.04 Å². The van der Waals surface area contributed by atoms with Crippen LogP contribution in [-0.4, -0.2) is 35.7 Å². The van der Waals surface area contributed by atoms with Crippen molar-refractivity contribution in [2.75, 3.05) is 19.7 Å². The highest BCUT2D eigenvalue weighted by Crippen LogP contribution is 2.23. The number of aliphatic hydroxyl groups excluding tert-OH is 1. The average molecular weight is 167 g/mol. The Hall–Kier alpha value is -0.520. The van der Waals surface area contributed by atoms with E-state index in [9.17, 15) is 0 Å². The van der Waals surface area contributed by atoms with E-state index in [2.05, 4.69) is 16.7 Å². The molecule has 2 heteroatoms. The molecular formula is C10H17NO. The summed E-state index contributed by atoms with van der Waals surface area (Å²) in [6.45, 7) is 3.71. The summed E-state index contributed by atoms with van der Waals surface area (Å²) >= 11 is 0. The van der Waals surface area contributed by atoms with E-state index in [4.69, 9.17) is 5.11 Å². The summed E-state index contributed by atoms with van der Waals surface area (Å²) in [5.41, 5.74) is 0. The van der Waals surface area contributed by atoms with Gasteiger partial charge in [-0.2, -0.15) is 0 Å². The number of nitrogens with zero attached hydrogens (tertiary/aromatic N) is 1. The maximum absolute atomic E-state index is 8.81. The van der Waals surface area contributed by atoms with Crippen molar-refractivity contribution >= 4 is 0 Å². The van der Waals surface area contributed by atoms with Gasteiger partial charge in [0.15, 0.2) is 0 Å². The number of hydrogen-bond acceptors (Lipinski definition) is 2. The van der Waals surface area contributed by atoms with Crippen molar-refractivity contribution < 1.29 is 5.11 Å². The van der Waals surface area contributed by atoms with Crippen LogP contribution < -0.4 is 0 Å². The second-order valence-electron chi connectivity index (χ2n) is 3.21. The van der Waals surface area contributed by atoms with Crippen molar-refractivity contribution in [1.29, 1.82) is 0 Å². The highest BCUT2D eigenvalue weighted by molar-refractivity contribution is 4.99. The van der Waals surface area contributed by atoms with Gasteiger partial charge in [-0.3, -0.25) is 4.90 Å². The Morgan fingerprint density at radius 2 is 2.25 bits per heavy atom. The van der Waals surface area contributed by atoms with Gasteiger partial charge in [-0.25, -0.2) is 0 Å². The lowest BCUT2D eigenvalue weighted by Crippen LogP contribution is -2.41. The molecule has 0 bridgehead atoms. The smallest absolute Gasteiger partial charge is 0.0604 e. The summed E-state index contributed by atoms with van der Waals surface area (Å²) in [6.07, 6.45) is 3.91. The molecule has 0 amide bonds. The van der Waals surface area contributed by atoms with Gasteiger partial charge in [0, 0.05) is 12.6 Å². The fourth-order valence-corrected chi connectivity index (χ4v) is 1.45. The van der Waals surface area contributed by atoms with Crippen LogP contribution in [0.5, 0.6) is 0 Å². The maximum atomic E-state index is 8.81. The molecule has 1 aliphatic rings. The molecular weight excluding hydrogens is 150 g/mol. The summed E-state index contributed by atoms with van der Waals surface area (Å²) < 4.78 is 0. The molecule has 0 radical (unpaired) electrons. The SMILES string of the molecule is CC#CCN(CCO)C1CCC1. The van der Waals surface area contributed by atoms with Crippen LogP contribution in [0.15, 0.2) is 0 Å². The third-order valence-corrected chi connectivity index (χ3v) is 2.44. The summed E-state index contributed by atoms with van der Waals surface area (Å²) in [5, 5.41) is 8.81. The predicted molar refractivity (Wildman–Crippen MR) is 49.7 cm³/mol. The van der Waals surface area contributed by atoms with Crippen LogP contribution in [0.1, 0.15) is 26.2 Å². The number of hydrogen-bond donors (Lipinski definition) is 1. The lowest BCUT2D eigenvalue weighted by Gasteiger charge is -2.35.